The van der Waals surface area contributed by atoms with E-state index in [2.05, 4.69) is 5.32 Å². The molecule has 1 N–H and O–H groups in total. The van der Waals surface area contributed by atoms with E-state index in [9.17, 15) is 9.59 Å². The lowest BCUT2D eigenvalue weighted by atomic mass is 10.2. The topological polar surface area (TPSA) is 58.6 Å². The van der Waals surface area contributed by atoms with Crippen LogP contribution in [0.3, 0.4) is 0 Å². The highest BCUT2D eigenvalue weighted by atomic mass is 16.5. The molecular weight excluding hydrogens is 268 g/mol. The van der Waals surface area contributed by atoms with Crippen LogP contribution in [0, 0.1) is 6.92 Å². The molecule has 0 spiro atoms. The lowest BCUT2D eigenvalue weighted by molar-refractivity contribution is -0.129. The molecule has 2 amide bonds. The third kappa shape index (κ3) is 4.21. The summed E-state index contributed by atoms with van der Waals surface area (Å²) in [4.78, 5) is 25.4. The van der Waals surface area contributed by atoms with Crippen LogP contribution < -0.4 is 10.1 Å². The van der Waals surface area contributed by atoms with Gasteiger partial charge in [-0.05, 0) is 37.5 Å². The number of nitrogens with one attached hydrogen (secondary N) is 1. The van der Waals surface area contributed by atoms with Crippen molar-refractivity contribution in [3.63, 3.8) is 0 Å². The van der Waals surface area contributed by atoms with Gasteiger partial charge in [0.25, 0.3) is 0 Å². The Kier molecular flexibility index (Phi) is 4.83. The first-order valence-corrected chi connectivity index (χ1v) is 7.23. The normalized spacial score (nSPS) is 13.7. The van der Waals surface area contributed by atoms with E-state index >= 15 is 0 Å². The van der Waals surface area contributed by atoms with Gasteiger partial charge in [-0.15, -0.1) is 0 Å². The summed E-state index contributed by atoms with van der Waals surface area (Å²) in [6.45, 7) is 3.99. The minimum absolute atomic E-state index is 0.0402. The number of amides is 2. The van der Waals surface area contributed by atoms with Crippen LogP contribution in [-0.4, -0.2) is 36.4 Å². The molecule has 0 unspecified atom stereocenters. The fourth-order valence-electron chi connectivity index (χ4n) is 2.34. The first-order chi connectivity index (χ1) is 10.0. The summed E-state index contributed by atoms with van der Waals surface area (Å²) in [5, 5.41) is 2.85. The number of carbonyl (C=O) groups excluding carboxylic acids is 2. The lowest BCUT2D eigenvalue weighted by Gasteiger charge is -2.20. The molecule has 114 valence electrons. The largest absolute Gasteiger partial charge is 0.495 e. The number of carbonyl (C=O) groups is 2. The van der Waals surface area contributed by atoms with Crippen molar-refractivity contribution in [3.8, 4) is 5.75 Å². The molecule has 2 rings (SSSR count). The highest BCUT2D eigenvalue weighted by Gasteiger charge is 2.30. The Balaban J connectivity index is 1.92. The molecular formula is C16H22N2O3. The van der Waals surface area contributed by atoms with Gasteiger partial charge in [0.15, 0.2) is 0 Å². The molecule has 0 aliphatic heterocycles. The zero-order valence-electron chi connectivity index (χ0n) is 12.8. The Hall–Kier alpha value is -2.04. The molecule has 0 radical (unpaired) electrons. The Morgan fingerprint density at radius 1 is 1.38 bits per heavy atom. The smallest absolute Gasteiger partial charge is 0.226 e. The van der Waals surface area contributed by atoms with Gasteiger partial charge in [0.05, 0.1) is 12.8 Å². The second-order valence-electron chi connectivity index (χ2n) is 5.45. The Labute approximate surface area is 125 Å². The van der Waals surface area contributed by atoms with E-state index in [1.54, 1.807) is 18.9 Å². The Morgan fingerprint density at radius 2 is 2.10 bits per heavy atom. The van der Waals surface area contributed by atoms with Gasteiger partial charge < -0.3 is 15.0 Å². The molecule has 1 aromatic carbocycles. The number of anilines is 1. The number of hydrogen-bond donors (Lipinski definition) is 1. The summed E-state index contributed by atoms with van der Waals surface area (Å²) in [6, 6.07) is 5.97. The van der Waals surface area contributed by atoms with E-state index in [0.717, 1.165) is 18.4 Å². The van der Waals surface area contributed by atoms with Gasteiger partial charge in [0.1, 0.15) is 5.75 Å². The average Bonchev–Trinajstić information content (AvgIpc) is 3.23. The quantitative estimate of drug-likeness (QED) is 0.875. The summed E-state index contributed by atoms with van der Waals surface area (Å²) in [7, 11) is 1.57. The predicted octanol–water partition coefficient (Wildman–Crippen LogP) is 2.34. The maximum absolute atomic E-state index is 12.1. The van der Waals surface area contributed by atoms with Crippen molar-refractivity contribution < 1.29 is 14.3 Å². The van der Waals surface area contributed by atoms with Crippen LogP contribution in [0.5, 0.6) is 5.75 Å². The zero-order valence-corrected chi connectivity index (χ0v) is 12.8. The number of nitrogens with zero attached hydrogens (tertiary/aromatic N) is 1. The molecule has 0 heterocycles. The summed E-state index contributed by atoms with van der Waals surface area (Å²) in [5.41, 5.74) is 1.72. The van der Waals surface area contributed by atoms with Gasteiger partial charge in [-0.3, -0.25) is 9.59 Å². The maximum Gasteiger partial charge on any atom is 0.226 e. The highest BCUT2D eigenvalue weighted by Crippen LogP contribution is 2.27. The van der Waals surface area contributed by atoms with Crippen molar-refractivity contribution in [3.05, 3.63) is 23.8 Å². The van der Waals surface area contributed by atoms with Gasteiger partial charge >= 0.3 is 0 Å². The maximum atomic E-state index is 12.1. The fourth-order valence-corrected chi connectivity index (χ4v) is 2.34. The second kappa shape index (κ2) is 6.61. The molecule has 1 aliphatic rings. The lowest BCUT2D eigenvalue weighted by Crippen LogP contribution is -2.33. The Morgan fingerprint density at radius 3 is 2.67 bits per heavy atom. The van der Waals surface area contributed by atoms with E-state index in [1.165, 1.54) is 0 Å². The summed E-state index contributed by atoms with van der Waals surface area (Å²) >= 11 is 0. The second-order valence-corrected chi connectivity index (χ2v) is 5.45. The standard InChI is InChI=1S/C16H22N2O3/c1-11-4-7-15(21-3)14(10-11)17-16(20)8-9-18(12(2)19)13-5-6-13/h4,7,10,13H,5-6,8-9H2,1-3H3,(H,17,20). The zero-order chi connectivity index (χ0) is 15.4. The van der Waals surface area contributed by atoms with Crippen molar-refractivity contribution in [1.82, 2.24) is 4.90 Å². The number of rotatable bonds is 6. The number of ether oxygens (including phenoxy) is 1. The van der Waals surface area contributed by atoms with Crippen LogP contribution in [0.4, 0.5) is 5.69 Å². The van der Waals surface area contributed by atoms with E-state index in [-0.39, 0.29) is 11.8 Å². The Bertz CT molecular complexity index is 538. The van der Waals surface area contributed by atoms with E-state index < -0.39 is 0 Å². The number of hydrogen-bond acceptors (Lipinski definition) is 3. The third-order valence-electron chi connectivity index (χ3n) is 3.60. The van der Waals surface area contributed by atoms with E-state index in [1.807, 2.05) is 25.1 Å². The van der Waals surface area contributed by atoms with Crippen LogP contribution >= 0.6 is 0 Å². The van der Waals surface area contributed by atoms with Gasteiger partial charge in [0, 0.05) is 25.9 Å². The summed E-state index contributed by atoms with van der Waals surface area (Å²) < 4.78 is 5.23. The van der Waals surface area contributed by atoms with Gasteiger partial charge in [-0.25, -0.2) is 0 Å². The molecule has 0 atom stereocenters. The number of aryl methyl sites for hydroxylation is 1. The molecule has 1 aromatic rings. The van der Waals surface area contributed by atoms with Crippen LogP contribution in [0.1, 0.15) is 31.7 Å². The molecule has 0 aromatic heterocycles. The first kappa shape index (κ1) is 15.4. The van der Waals surface area contributed by atoms with Crippen LogP contribution in [-0.2, 0) is 9.59 Å². The molecule has 1 fully saturated rings. The fraction of sp³-hybridized carbons (Fsp3) is 0.500. The molecule has 21 heavy (non-hydrogen) atoms. The van der Waals surface area contributed by atoms with E-state index in [0.29, 0.717) is 30.4 Å². The number of benzene rings is 1. The molecule has 5 heteroatoms. The van der Waals surface area contributed by atoms with Crippen molar-refractivity contribution in [2.24, 2.45) is 0 Å². The van der Waals surface area contributed by atoms with Crippen molar-refractivity contribution in [1.29, 1.82) is 0 Å². The molecule has 1 aliphatic carbocycles. The van der Waals surface area contributed by atoms with Gasteiger partial charge in [-0.2, -0.15) is 0 Å². The summed E-state index contributed by atoms with van der Waals surface area (Å²) in [6.07, 6.45) is 2.40. The SMILES string of the molecule is COc1ccc(C)cc1NC(=O)CCN(C(C)=O)C1CC1. The van der Waals surface area contributed by atoms with Crippen molar-refractivity contribution in [2.45, 2.75) is 39.2 Å². The van der Waals surface area contributed by atoms with Gasteiger partial charge in [-0.1, -0.05) is 6.07 Å². The minimum Gasteiger partial charge on any atom is -0.495 e. The van der Waals surface area contributed by atoms with Crippen LogP contribution in [0.15, 0.2) is 18.2 Å². The van der Waals surface area contributed by atoms with Crippen LogP contribution in [0.25, 0.3) is 0 Å². The number of methoxy groups -OCH3 is 1. The molecule has 0 saturated heterocycles. The molecule has 0 bridgehead atoms. The van der Waals surface area contributed by atoms with Gasteiger partial charge in [0.2, 0.25) is 11.8 Å². The van der Waals surface area contributed by atoms with Crippen molar-refractivity contribution >= 4 is 17.5 Å². The predicted molar refractivity (Wildman–Crippen MR) is 81.4 cm³/mol. The first-order valence-electron chi connectivity index (χ1n) is 7.23. The molecule has 1 saturated carbocycles. The average molecular weight is 290 g/mol. The monoisotopic (exact) mass is 290 g/mol. The highest BCUT2D eigenvalue weighted by molar-refractivity contribution is 5.92. The third-order valence-corrected chi connectivity index (χ3v) is 3.60. The minimum atomic E-state index is -0.106. The molecule has 5 nitrogen and oxygen atoms in total. The summed E-state index contributed by atoms with van der Waals surface area (Å²) in [5.74, 6) is 0.573. The van der Waals surface area contributed by atoms with E-state index in [4.69, 9.17) is 4.74 Å². The van der Waals surface area contributed by atoms with Crippen molar-refractivity contribution in [2.75, 3.05) is 19.0 Å². The van der Waals surface area contributed by atoms with Crippen LogP contribution in [0.2, 0.25) is 0 Å².